The van der Waals surface area contributed by atoms with Crippen LogP contribution in [0.15, 0.2) is 36.5 Å². The van der Waals surface area contributed by atoms with Crippen molar-refractivity contribution >= 4 is 11.9 Å². The van der Waals surface area contributed by atoms with E-state index in [2.05, 4.69) is 34.5 Å². The van der Waals surface area contributed by atoms with E-state index in [-0.39, 0.29) is 16.4 Å². The summed E-state index contributed by atoms with van der Waals surface area (Å²) in [4.78, 5) is 25.2. The van der Waals surface area contributed by atoms with Crippen LogP contribution in [-0.4, -0.2) is 39.2 Å². The molecule has 1 saturated heterocycles. The number of primary amides is 1. The Bertz CT molecular complexity index is 854. The fourth-order valence-corrected chi connectivity index (χ4v) is 5.36. The molecular formula is C23H31N4O2+. The number of nitrogens with two attached hydrogens (primary N) is 1. The summed E-state index contributed by atoms with van der Waals surface area (Å²) in [7, 11) is 0. The lowest BCUT2D eigenvalue weighted by Gasteiger charge is -2.34. The molecule has 1 saturated carbocycles. The Hall–Kier alpha value is -2.47. The van der Waals surface area contributed by atoms with Crippen LogP contribution in [0.5, 0.6) is 0 Å². The molecule has 6 nitrogen and oxygen atoms in total. The maximum absolute atomic E-state index is 13.1. The molecule has 154 valence electrons. The molecule has 2 fully saturated rings. The van der Waals surface area contributed by atoms with Crippen molar-refractivity contribution in [2.75, 3.05) is 6.54 Å². The fourth-order valence-electron chi connectivity index (χ4n) is 5.36. The maximum Gasteiger partial charge on any atom is 0.421 e. The number of carbonyl (C=O) groups excluding carboxylic acids is 2. The SMILES string of the molecule is C[C@@H]1CCC[N+]1(C(N)=O)C(=O)CC1CCC(c2ccc(-c3ccn[nH]3)cc2)CC1. The van der Waals surface area contributed by atoms with Gasteiger partial charge in [-0.25, -0.2) is 9.59 Å². The molecule has 0 bridgehead atoms. The minimum absolute atomic E-state index is 0.0183. The number of nitrogens with zero attached hydrogens (tertiary/aromatic N) is 2. The van der Waals surface area contributed by atoms with E-state index in [1.54, 1.807) is 6.20 Å². The third kappa shape index (κ3) is 3.73. The van der Waals surface area contributed by atoms with Crippen LogP contribution in [0, 0.1) is 5.92 Å². The number of hydrogen-bond acceptors (Lipinski definition) is 3. The average Bonchev–Trinajstić information content (AvgIpc) is 3.39. The largest absolute Gasteiger partial charge is 0.421 e. The molecule has 4 rings (SSSR count). The molecule has 3 amide bonds. The second-order valence-corrected chi connectivity index (χ2v) is 8.83. The lowest BCUT2D eigenvalue weighted by molar-refractivity contribution is -0.784. The lowest BCUT2D eigenvalue weighted by atomic mass is 9.77. The summed E-state index contributed by atoms with van der Waals surface area (Å²) in [5, 5.41) is 7.01. The van der Waals surface area contributed by atoms with Gasteiger partial charge in [0.25, 0.3) is 0 Å². The average molecular weight is 396 g/mol. The van der Waals surface area contributed by atoms with E-state index >= 15 is 0 Å². The van der Waals surface area contributed by atoms with E-state index in [1.165, 1.54) is 5.56 Å². The number of aromatic nitrogens is 2. The standard InChI is InChI=1S/C23H30N4O2/c1-16-3-2-14-27(16,23(24)29)22(28)15-17-4-6-18(7-5-17)19-8-10-20(11-9-19)21-12-13-25-26-21/h8-13,16-18H,2-7,14-15H2,1H3,(H2-,24,25,26,29)/p+1/t16-,17?,18?,27?/m1/s1. The molecule has 2 heterocycles. The minimum Gasteiger partial charge on any atom is -0.318 e. The van der Waals surface area contributed by atoms with Crippen LogP contribution >= 0.6 is 0 Å². The number of likely N-dealkylation sites (tertiary alicyclic amines) is 1. The highest BCUT2D eigenvalue weighted by molar-refractivity contribution is 5.83. The summed E-state index contributed by atoms with van der Waals surface area (Å²) in [6.07, 6.45) is 8.30. The predicted molar refractivity (Wildman–Crippen MR) is 112 cm³/mol. The van der Waals surface area contributed by atoms with Crippen molar-refractivity contribution < 1.29 is 14.1 Å². The summed E-state index contributed by atoms with van der Waals surface area (Å²) in [6.45, 7) is 2.56. The topological polar surface area (TPSA) is 88.8 Å². The first-order valence-corrected chi connectivity index (χ1v) is 10.8. The monoisotopic (exact) mass is 395 g/mol. The van der Waals surface area contributed by atoms with Crippen molar-refractivity contribution in [3.8, 4) is 11.3 Å². The second kappa shape index (κ2) is 8.11. The first kappa shape index (κ1) is 19.8. The van der Waals surface area contributed by atoms with Gasteiger partial charge in [-0.15, -0.1) is 0 Å². The highest BCUT2D eigenvalue weighted by Crippen LogP contribution is 2.39. The van der Waals surface area contributed by atoms with Gasteiger partial charge in [0.05, 0.1) is 18.7 Å². The third-order valence-electron chi connectivity index (χ3n) is 7.23. The number of imide groups is 1. The molecule has 2 aliphatic rings. The zero-order valence-corrected chi connectivity index (χ0v) is 17.1. The maximum atomic E-state index is 13.1. The molecule has 1 aliphatic carbocycles. The number of benzene rings is 1. The Kier molecular flexibility index (Phi) is 5.54. The second-order valence-electron chi connectivity index (χ2n) is 8.83. The Labute approximate surface area is 172 Å². The van der Waals surface area contributed by atoms with E-state index in [0.29, 0.717) is 24.8 Å². The number of amides is 3. The minimum atomic E-state index is -0.467. The number of urea groups is 1. The molecule has 2 aromatic rings. The van der Waals surface area contributed by atoms with E-state index in [0.717, 1.165) is 49.8 Å². The number of quaternary nitrogens is 1. The smallest absolute Gasteiger partial charge is 0.318 e. The van der Waals surface area contributed by atoms with Gasteiger partial charge >= 0.3 is 11.9 Å². The van der Waals surface area contributed by atoms with Gasteiger partial charge in [0, 0.05) is 19.0 Å². The quantitative estimate of drug-likeness (QED) is 0.755. The zero-order chi connectivity index (χ0) is 20.4. The summed E-state index contributed by atoms with van der Waals surface area (Å²) >= 11 is 0. The van der Waals surface area contributed by atoms with Crippen LogP contribution in [0.1, 0.15) is 63.4 Å². The normalized spacial score (nSPS) is 29.6. The van der Waals surface area contributed by atoms with E-state index < -0.39 is 6.03 Å². The molecule has 1 aromatic carbocycles. The van der Waals surface area contributed by atoms with Crippen LogP contribution in [0.2, 0.25) is 0 Å². The van der Waals surface area contributed by atoms with Crippen molar-refractivity contribution in [1.82, 2.24) is 10.2 Å². The highest BCUT2D eigenvalue weighted by atomic mass is 16.2. The Morgan fingerprint density at radius 2 is 1.83 bits per heavy atom. The summed E-state index contributed by atoms with van der Waals surface area (Å²) in [5.41, 5.74) is 9.22. The number of aromatic amines is 1. The van der Waals surface area contributed by atoms with E-state index in [4.69, 9.17) is 5.73 Å². The number of nitrogens with one attached hydrogen (secondary N) is 1. The van der Waals surface area contributed by atoms with Gasteiger partial charge < -0.3 is 5.73 Å². The van der Waals surface area contributed by atoms with Crippen LogP contribution in [0.25, 0.3) is 11.3 Å². The van der Waals surface area contributed by atoms with Crippen molar-refractivity contribution in [3.05, 3.63) is 42.1 Å². The molecule has 3 N–H and O–H groups in total. The van der Waals surface area contributed by atoms with Crippen LogP contribution < -0.4 is 5.73 Å². The van der Waals surface area contributed by atoms with Gasteiger partial charge in [-0.05, 0) is 61.6 Å². The molecule has 1 aliphatic heterocycles. The van der Waals surface area contributed by atoms with Gasteiger partial charge in [-0.3, -0.25) is 5.10 Å². The van der Waals surface area contributed by atoms with Gasteiger partial charge in [0.15, 0.2) is 0 Å². The Morgan fingerprint density at radius 1 is 1.10 bits per heavy atom. The van der Waals surface area contributed by atoms with E-state index in [1.807, 2.05) is 13.0 Å². The molecule has 2 atom stereocenters. The molecular weight excluding hydrogens is 364 g/mol. The molecule has 1 unspecified atom stereocenters. The first-order valence-electron chi connectivity index (χ1n) is 10.8. The summed E-state index contributed by atoms with van der Waals surface area (Å²) in [6, 6.07) is 10.2. The molecule has 0 spiro atoms. The van der Waals surface area contributed by atoms with Gasteiger partial charge in [-0.2, -0.15) is 9.58 Å². The van der Waals surface area contributed by atoms with Crippen LogP contribution in [0.4, 0.5) is 4.79 Å². The van der Waals surface area contributed by atoms with Crippen molar-refractivity contribution in [1.29, 1.82) is 0 Å². The number of H-pyrrole nitrogens is 1. The van der Waals surface area contributed by atoms with Gasteiger partial charge in [0.2, 0.25) is 0 Å². The molecule has 6 heteroatoms. The fraction of sp³-hybridized carbons (Fsp3) is 0.522. The zero-order valence-electron chi connectivity index (χ0n) is 17.1. The Morgan fingerprint density at radius 3 is 2.38 bits per heavy atom. The summed E-state index contributed by atoms with van der Waals surface area (Å²) in [5.74, 6) is 0.946. The number of carbonyl (C=O) groups is 2. The predicted octanol–water partition coefficient (Wildman–Crippen LogP) is 4.35. The third-order valence-corrected chi connectivity index (χ3v) is 7.23. The number of rotatable bonds is 4. The first-order chi connectivity index (χ1) is 14.0. The van der Waals surface area contributed by atoms with Crippen LogP contribution in [0.3, 0.4) is 0 Å². The molecule has 1 aromatic heterocycles. The van der Waals surface area contributed by atoms with E-state index in [9.17, 15) is 9.59 Å². The van der Waals surface area contributed by atoms with Crippen molar-refractivity contribution in [2.45, 2.75) is 63.8 Å². The van der Waals surface area contributed by atoms with Crippen LogP contribution in [-0.2, 0) is 4.79 Å². The van der Waals surface area contributed by atoms with Crippen molar-refractivity contribution in [2.24, 2.45) is 11.7 Å². The Balaban J connectivity index is 1.35. The summed E-state index contributed by atoms with van der Waals surface area (Å²) < 4.78 is -0.130. The highest BCUT2D eigenvalue weighted by Gasteiger charge is 2.51. The van der Waals surface area contributed by atoms with Crippen molar-refractivity contribution in [3.63, 3.8) is 0 Å². The number of hydrogen-bond donors (Lipinski definition) is 2. The lowest BCUT2D eigenvalue weighted by Crippen LogP contribution is -2.61. The molecule has 29 heavy (non-hydrogen) atoms. The van der Waals surface area contributed by atoms with Gasteiger partial charge in [0.1, 0.15) is 6.04 Å². The van der Waals surface area contributed by atoms with Gasteiger partial charge in [-0.1, -0.05) is 24.3 Å². The molecule has 0 radical (unpaired) electrons.